The molecule has 0 bridgehead atoms. The lowest BCUT2D eigenvalue weighted by Gasteiger charge is -2.34. The smallest absolute Gasteiger partial charge is 0.277 e. The number of likely N-dealkylation sites (N-methyl/N-ethyl adjacent to an activating group) is 2. The van der Waals surface area contributed by atoms with Crippen molar-refractivity contribution in [1.82, 2.24) is 44.2 Å². The van der Waals surface area contributed by atoms with Gasteiger partial charge >= 0.3 is 0 Å². The molecule has 2 aliphatic rings. The fourth-order valence-electron chi connectivity index (χ4n) is 7.12. The van der Waals surface area contributed by atoms with Crippen LogP contribution in [-0.4, -0.2) is 155 Å². The second-order valence-corrected chi connectivity index (χ2v) is 14.6. The van der Waals surface area contributed by atoms with Gasteiger partial charge in [-0.15, -0.1) is 0 Å². The average molecular weight is 731 g/mol. The molecular weight excluding hydrogens is 672 g/mol. The molecule has 4 heterocycles. The molecule has 0 aliphatic carbocycles. The number of rotatable bonds is 15. The van der Waals surface area contributed by atoms with E-state index in [1.807, 2.05) is 37.0 Å². The zero-order chi connectivity index (χ0) is 38.1. The standard InChI is InChI=1S/C38H58N12O3/c1-27-28(2)31(13-12-29(27)24-33(52)45(3)4)43-38(53)35-34-36(40)41-26-42-37(34)50(44-35)30-10-6-19-49(25-30)32(51)11-7-15-46(5)16-9-18-48-22-20-47(21-23-48)17-8-14-39/h7,11-13,26,30H,6,8-10,14-25,39H2,1-5H3,(H,43,53)(H2,40,41,42)/b11-7+/t30-/m1/s1. The highest BCUT2D eigenvalue weighted by Gasteiger charge is 2.30. The van der Waals surface area contributed by atoms with Gasteiger partial charge in [0.25, 0.3) is 5.91 Å². The van der Waals surface area contributed by atoms with Crippen molar-refractivity contribution in [2.75, 3.05) is 104 Å². The summed E-state index contributed by atoms with van der Waals surface area (Å²) in [6.45, 7) is 14.0. The molecule has 5 rings (SSSR count). The van der Waals surface area contributed by atoms with Crippen LogP contribution >= 0.6 is 0 Å². The zero-order valence-corrected chi connectivity index (χ0v) is 32.2. The van der Waals surface area contributed by atoms with Crippen LogP contribution in [0, 0.1) is 13.8 Å². The predicted octanol–water partition coefficient (Wildman–Crippen LogP) is 1.92. The Morgan fingerprint density at radius 1 is 0.981 bits per heavy atom. The van der Waals surface area contributed by atoms with Crippen molar-refractivity contribution in [2.45, 2.75) is 52.0 Å². The highest BCUT2D eigenvalue weighted by molar-refractivity contribution is 6.13. The molecule has 2 fully saturated rings. The average Bonchev–Trinajstić information content (AvgIpc) is 3.55. The number of benzene rings is 1. The van der Waals surface area contributed by atoms with Gasteiger partial charge in [-0.25, -0.2) is 14.6 Å². The summed E-state index contributed by atoms with van der Waals surface area (Å²) in [7, 11) is 5.55. The molecule has 0 spiro atoms. The molecule has 15 heteroatoms. The molecule has 15 nitrogen and oxygen atoms in total. The third-order valence-electron chi connectivity index (χ3n) is 10.6. The molecule has 0 saturated carbocycles. The Kier molecular flexibility index (Phi) is 13.9. The van der Waals surface area contributed by atoms with Crippen molar-refractivity contribution >= 4 is 40.3 Å². The van der Waals surface area contributed by atoms with Crippen molar-refractivity contribution in [3.63, 3.8) is 0 Å². The summed E-state index contributed by atoms with van der Waals surface area (Å²) in [4.78, 5) is 58.8. The molecule has 0 unspecified atom stereocenters. The maximum Gasteiger partial charge on any atom is 0.277 e. The first kappa shape index (κ1) is 39.8. The van der Waals surface area contributed by atoms with Crippen LogP contribution in [0.25, 0.3) is 11.0 Å². The summed E-state index contributed by atoms with van der Waals surface area (Å²) in [6.07, 6.45) is 8.97. The molecule has 53 heavy (non-hydrogen) atoms. The molecule has 1 atom stereocenters. The van der Waals surface area contributed by atoms with Crippen molar-refractivity contribution < 1.29 is 14.4 Å². The van der Waals surface area contributed by atoms with E-state index in [1.54, 1.807) is 29.8 Å². The maximum atomic E-state index is 13.8. The summed E-state index contributed by atoms with van der Waals surface area (Å²) in [5.41, 5.74) is 15.9. The van der Waals surface area contributed by atoms with Crippen LogP contribution in [0.3, 0.4) is 0 Å². The number of piperidine rings is 1. The normalized spacial score (nSPS) is 17.3. The van der Waals surface area contributed by atoms with Crippen LogP contribution in [-0.2, 0) is 16.0 Å². The number of anilines is 2. The minimum Gasteiger partial charge on any atom is -0.383 e. The number of likely N-dealkylation sites (tertiary alicyclic amines) is 1. The Balaban J connectivity index is 1.17. The van der Waals surface area contributed by atoms with Gasteiger partial charge in [0.1, 0.15) is 12.1 Å². The largest absolute Gasteiger partial charge is 0.383 e. The second kappa shape index (κ2) is 18.5. The molecule has 288 valence electrons. The molecule has 5 N–H and O–H groups in total. The molecule has 2 saturated heterocycles. The summed E-state index contributed by atoms with van der Waals surface area (Å²) < 4.78 is 1.73. The topological polar surface area (TPSA) is 175 Å². The van der Waals surface area contributed by atoms with Crippen LogP contribution < -0.4 is 16.8 Å². The summed E-state index contributed by atoms with van der Waals surface area (Å²) in [5, 5.41) is 8.13. The zero-order valence-electron chi connectivity index (χ0n) is 32.2. The van der Waals surface area contributed by atoms with Crippen molar-refractivity contribution in [3.05, 3.63) is 53.0 Å². The SMILES string of the molecule is Cc1c(CC(=O)N(C)C)ccc(NC(=O)c2nn([C@@H]3CCCN(C(=O)/C=C/CN(C)CCCN4CCN(CCCN)CC4)C3)c3ncnc(N)c23)c1C. The van der Waals surface area contributed by atoms with E-state index in [9.17, 15) is 14.4 Å². The number of aromatic nitrogens is 4. The van der Waals surface area contributed by atoms with Crippen LogP contribution in [0.2, 0.25) is 0 Å². The molecular formula is C38H58N12O3. The number of carbonyl (C=O) groups is 3. The second-order valence-electron chi connectivity index (χ2n) is 14.6. The van der Waals surface area contributed by atoms with Gasteiger partial charge in [0.2, 0.25) is 11.8 Å². The third-order valence-corrected chi connectivity index (χ3v) is 10.6. The lowest BCUT2D eigenvalue weighted by molar-refractivity contribution is -0.128. The Bertz CT molecular complexity index is 1760. The minimum atomic E-state index is -0.438. The molecule has 2 aliphatic heterocycles. The van der Waals surface area contributed by atoms with E-state index in [1.165, 1.54) is 6.33 Å². The van der Waals surface area contributed by atoms with E-state index >= 15 is 0 Å². The summed E-state index contributed by atoms with van der Waals surface area (Å²) in [6, 6.07) is 3.48. The van der Waals surface area contributed by atoms with Crippen molar-refractivity contribution in [3.8, 4) is 0 Å². The van der Waals surface area contributed by atoms with Gasteiger partial charge in [-0.05, 0) is 95.5 Å². The van der Waals surface area contributed by atoms with Gasteiger partial charge in [-0.2, -0.15) is 5.10 Å². The maximum absolute atomic E-state index is 13.8. The number of amides is 3. The quantitative estimate of drug-likeness (QED) is 0.195. The summed E-state index contributed by atoms with van der Waals surface area (Å²) >= 11 is 0. The van der Waals surface area contributed by atoms with E-state index < -0.39 is 5.91 Å². The molecule has 1 aromatic carbocycles. The monoisotopic (exact) mass is 730 g/mol. The highest BCUT2D eigenvalue weighted by Crippen LogP contribution is 2.30. The first-order chi connectivity index (χ1) is 25.5. The number of nitrogens with zero attached hydrogens (tertiary/aromatic N) is 9. The molecule has 0 radical (unpaired) electrons. The molecule has 3 amide bonds. The van der Waals surface area contributed by atoms with Gasteiger partial charge in [0.15, 0.2) is 11.3 Å². The van der Waals surface area contributed by atoms with Crippen molar-refractivity contribution in [2.24, 2.45) is 5.73 Å². The third kappa shape index (κ3) is 10.2. The minimum absolute atomic E-state index is 0.00402. The Morgan fingerprint density at radius 2 is 1.70 bits per heavy atom. The van der Waals surface area contributed by atoms with E-state index in [0.717, 1.165) is 94.7 Å². The Labute approximate surface area is 313 Å². The lowest BCUT2D eigenvalue weighted by atomic mass is 9.98. The highest BCUT2D eigenvalue weighted by atomic mass is 16.2. The van der Waals surface area contributed by atoms with Gasteiger partial charge in [-0.3, -0.25) is 14.4 Å². The number of nitrogens with one attached hydrogen (secondary N) is 1. The van der Waals surface area contributed by atoms with E-state index in [2.05, 4.69) is 37.0 Å². The number of hydrogen-bond acceptors (Lipinski definition) is 11. The number of carbonyl (C=O) groups excluding carboxylic acids is 3. The van der Waals surface area contributed by atoms with Crippen LogP contribution in [0.4, 0.5) is 11.5 Å². The number of fused-ring (bicyclic) bond motifs is 1. The van der Waals surface area contributed by atoms with Crippen LogP contribution in [0.15, 0.2) is 30.6 Å². The van der Waals surface area contributed by atoms with Gasteiger partial charge in [-0.1, -0.05) is 12.1 Å². The molecule has 2 aromatic heterocycles. The first-order valence-electron chi connectivity index (χ1n) is 18.8. The van der Waals surface area contributed by atoms with E-state index in [0.29, 0.717) is 36.4 Å². The molecule has 3 aromatic rings. The number of nitrogens with two attached hydrogens (primary N) is 2. The lowest BCUT2D eigenvalue weighted by Crippen LogP contribution is -2.47. The van der Waals surface area contributed by atoms with E-state index in [-0.39, 0.29) is 35.8 Å². The van der Waals surface area contributed by atoms with Gasteiger partial charge < -0.3 is 41.3 Å². The van der Waals surface area contributed by atoms with E-state index in [4.69, 9.17) is 16.6 Å². The van der Waals surface area contributed by atoms with Gasteiger partial charge in [0, 0.05) is 71.7 Å². The Hall–Kier alpha value is -4.44. The first-order valence-corrected chi connectivity index (χ1v) is 18.8. The van der Waals surface area contributed by atoms with Crippen molar-refractivity contribution in [1.29, 1.82) is 0 Å². The van der Waals surface area contributed by atoms with Crippen LogP contribution in [0.1, 0.15) is 58.9 Å². The number of hydrogen-bond donors (Lipinski definition) is 3. The fourth-order valence-corrected chi connectivity index (χ4v) is 7.12. The predicted molar refractivity (Wildman–Crippen MR) is 209 cm³/mol. The number of nitrogen functional groups attached to an aromatic ring is 1. The number of piperazine rings is 1. The summed E-state index contributed by atoms with van der Waals surface area (Å²) in [5.74, 6) is -0.315. The van der Waals surface area contributed by atoms with Gasteiger partial charge in [0.05, 0.1) is 17.8 Å². The Morgan fingerprint density at radius 3 is 2.40 bits per heavy atom. The van der Waals surface area contributed by atoms with Crippen LogP contribution in [0.5, 0.6) is 0 Å². The fraction of sp³-hybridized carbons (Fsp3) is 0.579.